The molecule has 0 aliphatic heterocycles. The van der Waals surface area contributed by atoms with Crippen molar-refractivity contribution in [2.24, 2.45) is 7.05 Å². The quantitative estimate of drug-likeness (QED) is 0.905. The van der Waals surface area contributed by atoms with Gasteiger partial charge in [-0.05, 0) is 43.5 Å². The van der Waals surface area contributed by atoms with E-state index in [1.54, 1.807) is 0 Å². The molecule has 1 aromatic carbocycles. The van der Waals surface area contributed by atoms with Crippen LogP contribution in [0.5, 0.6) is 0 Å². The molecular formula is C14H16FNO2. The van der Waals surface area contributed by atoms with Gasteiger partial charge in [0.2, 0.25) is 0 Å². The van der Waals surface area contributed by atoms with Crippen LogP contribution in [0.3, 0.4) is 0 Å². The third-order valence-corrected chi connectivity index (χ3v) is 3.29. The summed E-state index contributed by atoms with van der Waals surface area (Å²) in [6, 6.07) is 5.29. The van der Waals surface area contributed by atoms with E-state index in [1.807, 2.05) is 30.7 Å². The maximum Gasteiger partial charge on any atom is 0.303 e. The van der Waals surface area contributed by atoms with Gasteiger partial charge in [-0.3, -0.25) is 4.79 Å². The molecule has 1 aromatic heterocycles. The van der Waals surface area contributed by atoms with Crippen molar-refractivity contribution in [1.82, 2.24) is 4.57 Å². The zero-order chi connectivity index (χ0) is 13.3. The van der Waals surface area contributed by atoms with E-state index < -0.39 is 5.97 Å². The van der Waals surface area contributed by atoms with E-state index in [0.29, 0.717) is 18.4 Å². The smallest absolute Gasteiger partial charge is 0.303 e. The Labute approximate surface area is 105 Å². The lowest BCUT2D eigenvalue weighted by atomic mass is 10.1. The van der Waals surface area contributed by atoms with Crippen molar-refractivity contribution in [2.45, 2.75) is 26.2 Å². The number of nitrogens with zero attached hydrogens (tertiary/aromatic N) is 1. The minimum absolute atomic E-state index is 0.0731. The zero-order valence-electron chi connectivity index (χ0n) is 10.5. The number of fused-ring (bicyclic) bond motifs is 1. The van der Waals surface area contributed by atoms with E-state index in [4.69, 9.17) is 5.11 Å². The number of carboxylic acids is 1. The average molecular weight is 249 g/mol. The second-order valence-electron chi connectivity index (χ2n) is 4.59. The fourth-order valence-corrected chi connectivity index (χ4v) is 2.16. The van der Waals surface area contributed by atoms with Gasteiger partial charge in [0.05, 0.1) is 0 Å². The van der Waals surface area contributed by atoms with Crippen LogP contribution < -0.4 is 0 Å². The van der Waals surface area contributed by atoms with Gasteiger partial charge in [0.15, 0.2) is 0 Å². The van der Waals surface area contributed by atoms with Crippen LogP contribution in [0.25, 0.3) is 10.9 Å². The highest BCUT2D eigenvalue weighted by Crippen LogP contribution is 2.23. The molecule has 0 saturated carbocycles. The lowest BCUT2D eigenvalue weighted by Gasteiger charge is -2.05. The molecular weight excluding hydrogens is 233 g/mol. The Morgan fingerprint density at radius 2 is 2.11 bits per heavy atom. The summed E-state index contributed by atoms with van der Waals surface area (Å²) in [5.41, 5.74) is 2.65. The predicted molar refractivity (Wildman–Crippen MR) is 68.2 cm³/mol. The van der Waals surface area contributed by atoms with Crippen LogP contribution in [-0.2, 0) is 18.3 Å². The zero-order valence-corrected chi connectivity index (χ0v) is 10.5. The van der Waals surface area contributed by atoms with E-state index in [-0.39, 0.29) is 12.2 Å². The predicted octanol–water partition coefficient (Wildman–Crippen LogP) is 3.03. The van der Waals surface area contributed by atoms with Gasteiger partial charge < -0.3 is 9.67 Å². The van der Waals surface area contributed by atoms with Gasteiger partial charge in [-0.25, -0.2) is 4.39 Å². The van der Waals surface area contributed by atoms with Crippen LogP contribution in [-0.4, -0.2) is 15.6 Å². The number of carboxylic acid groups (broad SMARTS) is 1. The second-order valence-corrected chi connectivity index (χ2v) is 4.59. The number of aromatic nitrogens is 1. The monoisotopic (exact) mass is 249 g/mol. The van der Waals surface area contributed by atoms with Crippen molar-refractivity contribution < 1.29 is 14.3 Å². The Bertz CT molecular complexity index is 601. The number of carbonyl (C=O) groups is 1. The highest BCUT2D eigenvalue weighted by Gasteiger charge is 2.09. The number of benzene rings is 1. The third kappa shape index (κ3) is 2.37. The maximum atomic E-state index is 13.8. The molecule has 0 amide bonds. The summed E-state index contributed by atoms with van der Waals surface area (Å²) in [6.07, 6.45) is 0.989. The molecule has 0 radical (unpaired) electrons. The fraction of sp³-hybridized carbons (Fsp3) is 0.357. The van der Waals surface area contributed by atoms with Gasteiger partial charge in [0, 0.05) is 30.1 Å². The first-order valence-electron chi connectivity index (χ1n) is 5.95. The summed E-state index contributed by atoms with van der Waals surface area (Å²) >= 11 is 0. The summed E-state index contributed by atoms with van der Waals surface area (Å²) < 4.78 is 15.8. The molecule has 2 rings (SSSR count). The summed E-state index contributed by atoms with van der Waals surface area (Å²) in [5, 5.41) is 9.47. The highest BCUT2D eigenvalue weighted by molar-refractivity contribution is 5.82. The van der Waals surface area contributed by atoms with E-state index in [2.05, 4.69) is 0 Å². The number of hydrogen-bond acceptors (Lipinski definition) is 1. The largest absolute Gasteiger partial charge is 0.481 e. The number of halogens is 1. The Morgan fingerprint density at radius 3 is 2.78 bits per heavy atom. The van der Waals surface area contributed by atoms with Crippen LogP contribution in [0.15, 0.2) is 18.2 Å². The summed E-state index contributed by atoms with van der Waals surface area (Å²) in [6.45, 7) is 1.97. The molecule has 0 spiro atoms. The van der Waals surface area contributed by atoms with Crippen LogP contribution in [0, 0.1) is 12.7 Å². The normalized spacial score (nSPS) is 11.1. The van der Waals surface area contributed by atoms with Gasteiger partial charge >= 0.3 is 5.97 Å². The third-order valence-electron chi connectivity index (χ3n) is 3.29. The Hall–Kier alpha value is -1.84. The molecule has 0 aliphatic carbocycles. The first-order valence-corrected chi connectivity index (χ1v) is 5.95. The number of aryl methyl sites for hydroxylation is 3. The van der Waals surface area contributed by atoms with Crippen LogP contribution in [0.2, 0.25) is 0 Å². The van der Waals surface area contributed by atoms with Crippen molar-refractivity contribution in [3.8, 4) is 0 Å². The van der Waals surface area contributed by atoms with Crippen LogP contribution >= 0.6 is 0 Å². The Balaban J connectivity index is 2.30. The van der Waals surface area contributed by atoms with Crippen molar-refractivity contribution in [1.29, 1.82) is 0 Å². The van der Waals surface area contributed by atoms with Crippen molar-refractivity contribution >= 4 is 16.9 Å². The lowest BCUT2D eigenvalue weighted by molar-refractivity contribution is -0.137. The van der Waals surface area contributed by atoms with Gasteiger partial charge in [-0.1, -0.05) is 0 Å². The van der Waals surface area contributed by atoms with E-state index >= 15 is 0 Å². The lowest BCUT2D eigenvalue weighted by Crippen LogP contribution is -1.98. The first kappa shape index (κ1) is 12.6. The van der Waals surface area contributed by atoms with Crippen LogP contribution in [0.1, 0.15) is 24.1 Å². The van der Waals surface area contributed by atoms with Crippen molar-refractivity contribution in [3.63, 3.8) is 0 Å². The van der Waals surface area contributed by atoms with Crippen molar-refractivity contribution in [3.05, 3.63) is 35.3 Å². The van der Waals surface area contributed by atoms with Gasteiger partial charge in [-0.2, -0.15) is 0 Å². The minimum atomic E-state index is -0.841. The minimum Gasteiger partial charge on any atom is -0.481 e. The molecule has 1 N–H and O–H groups in total. The summed E-state index contributed by atoms with van der Waals surface area (Å²) in [4.78, 5) is 10.4. The molecule has 0 atom stereocenters. The van der Waals surface area contributed by atoms with E-state index in [0.717, 1.165) is 16.6 Å². The molecule has 0 fully saturated rings. The van der Waals surface area contributed by atoms with Gasteiger partial charge in [0.1, 0.15) is 5.82 Å². The molecule has 0 aliphatic rings. The Kier molecular flexibility index (Phi) is 3.36. The molecule has 1 heterocycles. The Morgan fingerprint density at radius 1 is 1.39 bits per heavy atom. The van der Waals surface area contributed by atoms with E-state index in [1.165, 1.54) is 6.07 Å². The summed E-state index contributed by atoms with van der Waals surface area (Å²) in [7, 11) is 1.94. The van der Waals surface area contributed by atoms with Gasteiger partial charge in [0.25, 0.3) is 0 Å². The SMILES string of the molecule is Cc1cc2cc(F)c(CCCC(=O)O)cc2n1C. The number of hydrogen-bond donors (Lipinski definition) is 1. The van der Waals surface area contributed by atoms with Crippen LogP contribution in [0.4, 0.5) is 4.39 Å². The first-order chi connectivity index (χ1) is 8.49. The average Bonchev–Trinajstić information content (AvgIpc) is 2.55. The van der Waals surface area contributed by atoms with Gasteiger partial charge in [-0.15, -0.1) is 0 Å². The molecule has 2 aromatic rings. The number of aliphatic carboxylic acids is 1. The molecule has 4 heteroatoms. The molecule has 18 heavy (non-hydrogen) atoms. The fourth-order valence-electron chi connectivity index (χ4n) is 2.16. The second kappa shape index (κ2) is 4.80. The topological polar surface area (TPSA) is 42.2 Å². The standard InChI is InChI=1S/C14H16FNO2/c1-9-6-11-7-12(15)10(4-3-5-14(17)18)8-13(11)16(9)2/h6-8H,3-5H2,1-2H3,(H,17,18). The van der Waals surface area contributed by atoms with E-state index in [9.17, 15) is 9.18 Å². The molecule has 0 bridgehead atoms. The molecule has 96 valence electrons. The molecule has 0 saturated heterocycles. The number of rotatable bonds is 4. The summed E-state index contributed by atoms with van der Waals surface area (Å²) in [5.74, 6) is -1.09. The maximum absolute atomic E-state index is 13.8. The molecule has 3 nitrogen and oxygen atoms in total. The van der Waals surface area contributed by atoms with Crippen molar-refractivity contribution in [2.75, 3.05) is 0 Å². The highest BCUT2D eigenvalue weighted by atomic mass is 19.1. The molecule has 0 unspecified atom stereocenters.